The van der Waals surface area contributed by atoms with E-state index in [-0.39, 0.29) is 12.5 Å². The summed E-state index contributed by atoms with van der Waals surface area (Å²) in [5, 5.41) is 9.55. The minimum Gasteiger partial charge on any atom is -0.496 e. The van der Waals surface area contributed by atoms with Crippen LogP contribution in [-0.2, 0) is 6.54 Å². The molecular formula is C11H11ClN4O2. The zero-order valence-electron chi connectivity index (χ0n) is 9.61. The molecule has 0 spiro atoms. The highest BCUT2D eigenvalue weighted by atomic mass is 35.5. The van der Waals surface area contributed by atoms with Crippen molar-refractivity contribution in [2.24, 2.45) is 0 Å². The average molecular weight is 267 g/mol. The second kappa shape index (κ2) is 5.50. The highest BCUT2D eigenvalue weighted by Gasteiger charge is 2.12. The van der Waals surface area contributed by atoms with E-state index in [0.29, 0.717) is 22.2 Å². The molecule has 0 aliphatic carbocycles. The molecule has 0 bridgehead atoms. The summed E-state index contributed by atoms with van der Waals surface area (Å²) in [6.45, 7) is 0.268. The van der Waals surface area contributed by atoms with E-state index in [9.17, 15) is 4.79 Å². The van der Waals surface area contributed by atoms with Gasteiger partial charge in [-0.2, -0.15) is 5.10 Å². The van der Waals surface area contributed by atoms with Crippen LogP contribution < -0.4 is 10.1 Å². The zero-order valence-corrected chi connectivity index (χ0v) is 10.4. The summed E-state index contributed by atoms with van der Waals surface area (Å²) >= 11 is 5.82. The number of rotatable bonds is 4. The maximum Gasteiger partial charge on any atom is 0.255 e. The number of H-pyrrole nitrogens is 1. The third kappa shape index (κ3) is 2.78. The number of methoxy groups -OCH3 is 1. The predicted octanol–water partition coefficient (Wildman–Crippen LogP) is 1.40. The molecule has 1 aromatic carbocycles. The molecule has 94 valence electrons. The van der Waals surface area contributed by atoms with E-state index < -0.39 is 0 Å². The first kappa shape index (κ1) is 12.4. The van der Waals surface area contributed by atoms with Gasteiger partial charge in [-0.05, 0) is 18.2 Å². The number of aromatic amines is 1. The van der Waals surface area contributed by atoms with Crippen LogP contribution in [0.4, 0.5) is 0 Å². The average Bonchev–Trinajstić information content (AvgIpc) is 2.88. The summed E-state index contributed by atoms with van der Waals surface area (Å²) in [4.78, 5) is 15.8. The Hall–Kier alpha value is -2.08. The standard InChI is InChI=1S/C11H11ClN4O2/c1-18-9-4-7(12)2-3-8(9)11(17)13-5-10-14-6-15-16-10/h2-4,6H,5H2,1H3,(H,13,17)(H,14,15,16). The molecule has 18 heavy (non-hydrogen) atoms. The Balaban J connectivity index is 2.09. The second-order valence-corrected chi connectivity index (χ2v) is 3.90. The summed E-state index contributed by atoms with van der Waals surface area (Å²) in [7, 11) is 1.49. The molecule has 0 radical (unpaired) electrons. The van der Waals surface area contributed by atoms with Gasteiger partial charge in [-0.1, -0.05) is 11.6 Å². The van der Waals surface area contributed by atoms with Gasteiger partial charge < -0.3 is 10.1 Å². The van der Waals surface area contributed by atoms with Crippen molar-refractivity contribution in [3.63, 3.8) is 0 Å². The molecule has 1 aromatic heterocycles. The lowest BCUT2D eigenvalue weighted by atomic mass is 10.2. The van der Waals surface area contributed by atoms with Crippen LogP contribution in [0.5, 0.6) is 5.75 Å². The fraction of sp³-hybridized carbons (Fsp3) is 0.182. The number of halogens is 1. The van der Waals surface area contributed by atoms with E-state index in [1.54, 1.807) is 18.2 Å². The molecule has 0 saturated carbocycles. The van der Waals surface area contributed by atoms with E-state index in [0.717, 1.165) is 0 Å². The van der Waals surface area contributed by atoms with Crippen LogP contribution in [-0.4, -0.2) is 28.2 Å². The summed E-state index contributed by atoms with van der Waals surface area (Å²) in [6.07, 6.45) is 1.38. The highest BCUT2D eigenvalue weighted by molar-refractivity contribution is 6.30. The molecule has 6 nitrogen and oxygen atoms in total. The summed E-state index contributed by atoms with van der Waals surface area (Å²) in [5.74, 6) is 0.744. The number of hydrogen-bond acceptors (Lipinski definition) is 4. The van der Waals surface area contributed by atoms with Gasteiger partial charge in [-0.15, -0.1) is 0 Å². The van der Waals surface area contributed by atoms with Gasteiger partial charge in [0.1, 0.15) is 17.9 Å². The number of nitrogens with zero attached hydrogens (tertiary/aromatic N) is 2. The van der Waals surface area contributed by atoms with Gasteiger partial charge in [0.15, 0.2) is 0 Å². The number of amides is 1. The highest BCUT2D eigenvalue weighted by Crippen LogP contribution is 2.22. The van der Waals surface area contributed by atoms with Gasteiger partial charge >= 0.3 is 0 Å². The van der Waals surface area contributed by atoms with Crippen molar-refractivity contribution in [2.45, 2.75) is 6.54 Å². The Morgan fingerprint density at radius 2 is 2.39 bits per heavy atom. The van der Waals surface area contributed by atoms with Crippen LogP contribution in [0.3, 0.4) is 0 Å². The summed E-state index contributed by atoms with van der Waals surface area (Å²) in [6, 6.07) is 4.83. The maximum absolute atomic E-state index is 11.9. The Morgan fingerprint density at radius 1 is 1.56 bits per heavy atom. The first-order valence-corrected chi connectivity index (χ1v) is 5.54. The molecule has 2 rings (SSSR count). The van der Waals surface area contributed by atoms with Gasteiger partial charge in [0, 0.05) is 5.02 Å². The lowest BCUT2D eigenvalue weighted by Gasteiger charge is -2.08. The van der Waals surface area contributed by atoms with Crippen LogP contribution in [0, 0.1) is 0 Å². The summed E-state index contributed by atoms with van der Waals surface area (Å²) in [5.41, 5.74) is 0.418. The van der Waals surface area contributed by atoms with Gasteiger partial charge in [0.2, 0.25) is 0 Å². The molecule has 0 aliphatic heterocycles. The van der Waals surface area contributed by atoms with Gasteiger partial charge in [-0.25, -0.2) is 4.98 Å². The van der Waals surface area contributed by atoms with Crippen LogP contribution >= 0.6 is 11.6 Å². The number of carbonyl (C=O) groups is 1. The monoisotopic (exact) mass is 266 g/mol. The molecule has 0 fully saturated rings. The van der Waals surface area contributed by atoms with Crippen LogP contribution in [0.2, 0.25) is 5.02 Å². The van der Waals surface area contributed by atoms with Crippen molar-refractivity contribution in [3.05, 3.63) is 40.9 Å². The molecule has 0 unspecified atom stereocenters. The van der Waals surface area contributed by atoms with Gasteiger partial charge in [0.25, 0.3) is 5.91 Å². The Morgan fingerprint density at radius 3 is 3.06 bits per heavy atom. The second-order valence-electron chi connectivity index (χ2n) is 3.46. The molecule has 1 heterocycles. The molecule has 2 N–H and O–H groups in total. The third-order valence-corrected chi connectivity index (χ3v) is 2.52. The molecular weight excluding hydrogens is 256 g/mol. The SMILES string of the molecule is COc1cc(Cl)ccc1C(=O)NCc1ncn[nH]1. The van der Waals surface area contributed by atoms with Crippen molar-refractivity contribution in [1.82, 2.24) is 20.5 Å². The van der Waals surface area contributed by atoms with Crippen molar-refractivity contribution in [2.75, 3.05) is 7.11 Å². The Labute approximate surface area is 108 Å². The Kier molecular flexibility index (Phi) is 3.78. The maximum atomic E-state index is 11.9. The quantitative estimate of drug-likeness (QED) is 0.877. The number of aromatic nitrogens is 3. The molecule has 7 heteroatoms. The lowest BCUT2D eigenvalue weighted by Crippen LogP contribution is -2.23. The van der Waals surface area contributed by atoms with E-state index in [1.165, 1.54) is 13.4 Å². The molecule has 1 amide bonds. The lowest BCUT2D eigenvalue weighted by molar-refractivity contribution is 0.0947. The molecule has 2 aromatic rings. The number of nitrogens with one attached hydrogen (secondary N) is 2. The van der Waals surface area contributed by atoms with Crippen LogP contribution in [0.1, 0.15) is 16.2 Å². The minimum atomic E-state index is -0.264. The normalized spacial score (nSPS) is 10.1. The van der Waals surface area contributed by atoms with Crippen molar-refractivity contribution in [3.8, 4) is 5.75 Å². The Bertz CT molecular complexity index is 542. The fourth-order valence-corrected chi connectivity index (χ4v) is 1.59. The number of ether oxygens (including phenoxy) is 1. The molecule has 0 aliphatic rings. The van der Waals surface area contributed by atoms with E-state index >= 15 is 0 Å². The van der Waals surface area contributed by atoms with E-state index in [4.69, 9.17) is 16.3 Å². The van der Waals surface area contributed by atoms with Gasteiger partial charge in [0.05, 0.1) is 19.2 Å². The topological polar surface area (TPSA) is 79.9 Å². The number of hydrogen-bond donors (Lipinski definition) is 2. The third-order valence-electron chi connectivity index (χ3n) is 2.29. The predicted molar refractivity (Wildman–Crippen MR) is 65.6 cm³/mol. The molecule has 0 atom stereocenters. The van der Waals surface area contributed by atoms with Crippen molar-refractivity contribution < 1.29 is 9.53 Å². The zero-order chi connectivity index (χ0) is 13.0. The largest absolute Gasteiger partial charge is 0.496 e. The fourth-order valence-electron chi connectivity index (χ4n) is 1.43. The van der Waals surface area contributed by atoms with Crippen LogP contribution in [0.25, 0.3) is 0 Å². The molecule has 0 saturated heterocycles. The van der Waals surface area contributed by atoms with Gasteiger partial charge in [-0.3, -0.25) is 9.89 Å². The van der Waals surface area contributed by atoms with Crippen molar-refractivity contribution in [1.29, 1.82) is 0 Å². The minimum absolute atomic E-state index is 0.264. The summed E-state index contributed by atoms with van der Waals surface area (Å²) < 4.78 is 5.10. The van der Waals surface area contributed by atoms with E-state index in [1.807, 2.05) is 0 Å². The smallest absolute Gasteiger partial charge is 0.255 e. The van der Waals surface area contributed by atoms with Crippen LogP contribution in [0.15, 0.2) is 24.5 Å². The first-order chi connectivity index (χ1) is 8.70. The number of benzene rings is 1. The number of carbonyl (C=O) groups excluding carboxylic acids is 1. The van der Waals surface area contributed by atoms with E-state index in [2.05, 4.69) is 20.5 Å². The van der Waals surface area contributed by atoms with Crippen molar-refractivity contribution >= 4 is 17.5 Å². The first-order valence-electron chi connectivity index (χ1n) is 5.16.